The van der Waals surface area contributed by atoms with Crippen molar-refractivity contribution in [3.05, 3.63) is 28.5 Å². The van der Waals surface area contributed by atoms with Crippen molar-refractivity contribution in [1.29, 1.82) is 0 Å². The summed E-state index contributed by atoms with van der Waals surface area (Å²) in [4.78, 5) is 11.8. The maximum absolute atomic E-state index is 13.4. The molecule has 17 heavy (non-hydrogen) atoms. The van der Waals surface area contributed by atoms with Crippen molar-refractivity contribution in [1.82, 2.24) is 0 Å². The summed E-state index contributed by atoms with van der Waals surface area (Å²) < 4.78 is 14.1. The SMILES string of the molecule is CCC(C)C(N)C(=O)Nc1cc(Br)ccc1F. The number of halogens is 2. The molecule has 2 unspecified atom stereocenters. The molecule has 0 heterocycles. The van der Waals surface area contributed by atoms with Gasteiger partial charge in [-0.25, -0.2) is 4.39 Å². The number of hydrogen-bond acceptors (Lipinski definition) is 2. The van der Waals surface area contributed by atoms with E-state index in [1.165, 1.54) is 12.1 Å². The first kappa shape index (κ1) is 14.1. The smallest absolute Gasteiger partial charge is 0.241 e. The standard InChI is InChI=1S/C12H16BrFN2O/c1-3-7(2)11(15)12(17)16-10-6-8(13)4-5-9(10)14/h4-7,11H,3,15H2,1-2H3,(H,16,17). The molecular formula is C12H16BrFN2O. The molecule has 0 aliphatic rings. The maximum Gasteiger partial charge on any atom is 0.241 e. The van der Waals surface area contributed by atoms with Crippen molar-refractivity contribution in [3.63, 3.8) is 0 Å². The molecule has 3 nitrogen and oxygen atoms in total. The Kier molecular flexibility index (Phi) is 5.08. The van der Waals surface area contributed by atoms with Crippen LogP contribution in [0.15, 0.2) is 22.7 Å². The summed E-state index contributed by atoms with van der Waals surface area (Å²) in [5.74, 6) is -0.778. The molecule has 0 spiro atoms. The maximum atomic E-state index is 13.4. The summed E-state index contributed by atoms with van der Waals surface area (Å²) in [5, 5.41) is 2.50. The molecular weight excluding hydrogens is 287 g/mol. The molecule has 0 bridgehead atoms. The molecule has 1 amide bonds. The Morgan fingerprint density at radius 2 is 2.24 bits per heavy atom. The third-order valence-electron chi connectivity index (χ3n) is 2.75. The third kappa shape index (κ3) is 3.78. The van der Waals surface area contributed by atoms with Crippen LogP contribution in [-0.4, -0.2) is 11.9 Å². The summed E-state index contributed by atoms with van der Waals surface area (Å²) >= 11 is 3.22. The Bertz CT molecular complexity index is 411. The van der Waals surface area contributed by atoms with Crippen LogP contribution in [-0.2, 0) is 4.79 Å². The zero-order chi connectivity index (χ0) is 13.0. The van der Waals surface area contributed by atoms with Gasteiger partial charge in [-0.3, -0.25) is 4.79 Å². The lowest BCUT2D eigenvalue weighted by atomic mass is 9.99. The van der Waals surface area contributed by atoms with Gasteiger partial charge in [0.1, 0.15) is 5.82 Å². The second kappa shape index (κ2) is 6.12. The number of benzene rings is 1. The molecule has 3 N–H and O–H groups in total. The lowest BCUT2D eigenvalue weighted by molar-refractivity contribution is -0.118. The van der Waals surface area contributed by atoms with Crippen LogP contribution in [0.3, 0.4) is 0 Å². The summed E-state index contributed by atoms with van der Waals surface area (Å²) in [7, 11) is 0. The zero-order valence-electron chi connectivity index (χ0n) is 9.84. The molecule has 5 heteroatoms. The second-order valence-electron chi connectivity index (χ2n) is 4.02. The van der Waals surface area contributed by atoms with E-state index >= 15 is 0 Å². The van der Waals surface area contributed by atoms with Crippen molar-refractivity contribution < 1.29 is 9.18 Å². The highest BCUT2D eigenvalue weighted by atomic mass is 79.9. The molecule has 1 aromatic rings. The Morgan fingerprint density at radius 1 is 1.59 bits per heavy atom. The van der Waals surface area contributed by atoms with Crippen molar-refractivity contribution >= 4 is 27.5 Å². The van der Waals surface area contributed by atoms with E-state index < -0.39 is 11.9 Å². The predicted molar refractivity (Wildman–Crippen MR) is 70.2 cm³/mol. The largest absolute Gasteiger partial charge is 0.322 e. The van der Waals surface area contributed by atoms with Gasteiger partial charge in [-0.1, -0.05) is 36.2 Å². The van der Waals surface area contributed by atoms with Crippen molar-refractivity contribution in [2.75, 3.05) is 5.32 Å². The minimum atomic E-state index is -0.626. The molecule has 0 aromatic heterocycles. The molecule has 0 fully saturated rings. The van der Waals surface area contributed by atoms with Crippen LogP contribution in [0.4, 0.5) is 10.1 Å². The second-order valence-corrected chi connectivity index (χ2v) is 4.94. The number of nitrogens with two attached hydrogens (primary N) is 1. The number of hydrogen-bond donors (Lipinski definition) is 2. The summed E-state index contributed by atoms with van der Waals surface area (Å²) in [5.41, 5.74) is 5.90. The number of anilines is 1. The molecule has 0 saturated carbocycles. The van der Waals surface area contributed by atoms with E-state index in [0.29, 0.717) is 4.47 Å². The molecule has 0 radical (unpaired) electrons. The van der Waals surface area contributed by atoms with Gasteiger partial charge in [-0.15, -0.1) is 0 Å². The minimum Gasteiger partial charge on any atom is -0.322 e. The Morgan fingerprint density at radius 3 is 2.82 bits per heavy atom. The van der Waals surface area contributed by atoms with Gasteiger partial charge in [0.25, 0.3) is 0 Å². The van der Waals surface area contributed by atoms with Gasteiger partial charge in [0.05, 0.1) is 11.7 Å². The van der Waals surface area contributed by atoms with Crippen molar-refractivity contribution in [2.45, 2.75) is 26.3 Å². The average molecular weight is 303 g/mol. The molecule has 94 valence electrons. The minimum absolute atomic E-state index is 0.0604. The monoisotopic (exact) mass is 302 g/mol. The molecule has 1 aromatic carbocycles. The molecule has 1 rings (SSSR count). The first-order valence-electron chi connectivity index (χ1n) is 5.47. The van der Waals surface area contributed by atoms with Crippen LogP contribution < -0.4 is 11.1 Å². The fourth-order valence-corrected chi connectivity index (χ4v) is 1.68. The summed E-state index contributed by atoms with van der Waals surface area (Å²) in [6.45, 7) is 3.85. The van der Waals surface area contributed by atoms with Crippen LogP contribution in [0.1, 0.15) is 20.3 Å². The van der Waals surface area contributed by atoms with Gasteiger partial charge in [-0.2, -0.15) is 0 Å². The number of nitrogens with one attached hydrogen (secondary N) is 1. The van der Waals surface area contributed by atoms with Gasteiger partial charge in [-0.05, 0) is 24.1 Å². The van der Waals surface area contributed by atoms with E-state index in [2.05, 4.69) is 21.2 Å². The van der Waals surface area contributed by atoms with Gasteiger partial charge < -0.3 is 11.1 Å². The fraction of sp³-hybridized carbons (Fsp3) is 0.417. The third-order valence-corrected chi connectivity index (χ3v) is 3.24. The van der Waals surface area contributed by atoms with E-state index in [-0.39, 0.29) is 17.5 Å². The average Bonchev–Trinajstić information content (AvgIpc) is 2.31. The van der Waals surface area contributed by atoms with Crippen LogP contribution in [0.25, 0.3) is 0 Å². The van der Waals surface area contributed by atoms with Crippen LogP contribution in [0.2, 0.25) is 0 Å². The normalized spacial score (nSPS) is 14.2. The molecule has 0 aliphatic carbocycles. The highest BCUT2D eigenvalue weighted by molar-refractivity contribution is 9.10. The highest BCUT2D eigenvalue weighted by Gasteiger charge is 2.20. The number of amides is 1. The summed E-state index contributed by atoms with van der Waals surface area (Å²) in [6.07, 6.45) is 0.801. The van der Waals surface area contributed by atoms with Gasteiger partial charge in [0.15, 0.2) is 0 Å². The highest BCUT2D eigenvalue weighted by Crippen LogP contribution is 2.20. The first-order chi connectivity index (χ1) is 7.95. The number of rotatable bonds is 4. The first-order valence-corrected chi connectivity index (χ1v) is 6.26. The predicted octanol–water partition coefficient (Wildman–Crippen LogP) is 2.90. The van der Waals surface area contributed by atoms with E-state index in [1.54, 1.807) is 6.07 Å². The van der Waals surface area contributed by atoms with Gasteiger partial charge in [0.2, 0.25) is 5.91 Å². The lowest BCUT2D eigenvalue weighted by Crippen LogP contribution is -2.40. The quantitative estimate of drug-likeness (QED) is 0.898. The Balaban J connectivity index is 2.77. The van der Waals surface area contributed by atoms with Gasteiger partial charge >= 0.3 is 0 Å². The van der Waals surface area contributed by atoms with Gasteiger partial charge in [0, 0.05) is 4.47 Å². The number of carbonyl (C=O) groups is 1. The van der Waals surface area contributed by atoms with E-state index in [4.69, 9.17) is 5.73 Å². The fourth-order valence-electron chi connectivity index (χ4n) is 1.32. The van der Waals surface area contributed by atoms with Crippen LogP contribution >= 0.6 is 15.9 Å². The van der Waals surface area contributed by atoms with Crippen molar-refractivity contribution in [2.24, 2.45) is 11.7 Å². The molecule has 2 atom stereocenters. The van der Waals surface area contributed by atoms with E-state index in [9.17, 15) is 9.18 Å². The van der Waals surface area contributed by atoms with E-state index in [0.717, 1.165) is 6.42 Å². The summed E-state index contributed by atoms with van der Waals surface area (Å²) in [6, 6.07) is 3.74. The molecule has 0 aliphatic heterocycles. The van der Waals surface area contributed by atoms with Crippen molar-refractivity contribution in [3.8, 4) is 0 Å². The van der Waals surface area contributed by atoms with Crippen LogP contribution in [0, 0.1) is 11.7 Å². The Hall–Kier alpha value is -0.940. The lowest BCUT2D eigenvalue weighted by Gasteiger charge is -2.18. The Labute approximate surface area is 109 Å². The van der Waals surface area contributed by atoms with Crippen LogP contribution in [0.5, 0.6) is 0 Å². The number of carbonyl (C=O) groups excluding carboxylic acids is 1. The zero-order valence-corrected chi connectivity index (χ0v) is 11.4. The topological polar surface area (TPSA) is 55.1 Å². The molecule has 0 saturated heterocycles. The van der Waals surface area contributed by atoms with E-state index in [1.807, 2.05) is 13.8 Å².